The number of carbonyl (C=O) groups is 3. The van der Waals surface area contributed by atoms with Crippen LogP contribution >= 0.6 is 0 Å². The van der Waals surface area contributed by atoms with E-state index < -0.39 is 23.8 Å². The van der Waals surface area contributed by atoms with Crippen molar-refractivity contribution in [3.63, 3.8) is 0 Å². The highest BCUT2D eigenvalue weighted by Gasteiger charge is 2.31. The Balaban J connectivity index is 4.48. The fourth-order valence-corrected chi connectivity index (χ4v) is 0.690. The standard InChI is InChI=1S/C8H11O6/c1-12-6(9)4-5(7(10)13-2)8(11)14-3/h4-5H,1-3H3. The van der Waals surface area contributed by atoms with Crippen LogP contribution in [0, 0.1) is 12.3 Å². The Morgan fingerprint density at radius 2 is 1.36 bits per heavy atom. The second-order valence-corrected chi connectivity index (χ2v) is 2.21. The number of ether oxygens (including phenoxy) is 3. The molecular formula is C8H11O6. The molecule has 0 rings (SSSR count). The summed E-state index contributed by atoms with van der Waals surface area (Å²) >= 11 is 0. The van der Waals surface area contributed by atoms with Gasteiger partial charge in [0.25, 0.3) is 0 Å². The molecule has 0 N–H and O–H groups in total. The molecule has 0 saturated heterocycles. The molecule has 0 aliphatic rings. The van der Waals surface area contributed by atoms with E-state index in [0.29, 0.717) is 0 Å². The minimum atomic E-state index is -1.38. The third-order valence-corrected chi connectivity index (χ3v) is 1.41. The average Bonchev–Trinajstić information content (AvgIpc) is 2.23. The van der Waals surface area contributed by atoms with E-state index in [0.717, 1.165) is 27.8 Å². The Kier molecular flexibility index (Phi) is 5.28. The van der Waals surface area contributed by atoms with E-state index in [-0.39, 0.29) is 0 Å². The normalized spacial score (nSPS) is 9.43. The summed E-state index contributed by atoms with van der Waals surface area (Å²) in [6.07, 6.45) is 0.789. The van der Waals surface area contributed by atoms with Gasteiger partial charge in [-0.2, -0.15) is 0 Å². The molecule has 0 amide bonds. The summed E-state index contributed by atoms with van der Waals surface area (Å²) in [5.41, 5.74) is 0. The third-order valence-electron chi connectivity index (χ3n) is 1.41. The number of hydrogen-bond acceptors (Lipinski definition) is 6. The zero-order chi connectivity index (χ0) is 11.1. The predicted octanol–water partition coefficient (Wildman–Crippen LogP) is -0.674. The highest BCUT2D eigenvalue weighted by atomic mass is 16.5. The number of esters is 3. The molecule has 0 saturated carbocycles. The van der Waals surface area contributed by atoms with Crippen molar-refractivity contribution in [1.82, 2.24) is 0 Å². The molecule has 6 nitrogen and oxygen atoms in total. The molecule has 1 radical (unpaired) electrons. The Labute approximate surface area is 81.1 Å². The van der Waals surface area contributed by atoms with Crippen LogP contribution in [0.4, 0.5) is 0 Å². The van der Waals surface area contributed by atoms with Crippen LogP contribution in [-0.4, -0.2) is 39.2 Å². The molecule has 14 heavy (non-hydrogen) atoms. The SMILES string of the molecule is COC(=O)[CH]C(C(=O)OC)C(=O)OC. The van der Waals surface area contributed by atoms with Crippen molar-refractivity contribution < 1.29 is 28.6 Å². The molecule has 0 spiro atoms. The van der Waals surface area contributed by atoms with Crippen LogP contribution in [0.1, 0.15) is 0 Å². The topological polar surface area (TPSA) is 78.9 Å². The quantitative estimate of drug-likeness (QED) is 0.342. The van der Waals surface area contributed by atoms with Gasteiger partial charge in [0.2, 0.25) is 0 Å². The van der Waals surface area contributed by atoms with Gasteiger partial charge in [0.05, 0.1) is 27.8 Å². The van der Waals surface area contributed by atoms with E-state index in [2.05, 4.69) is 14.2 Å². The Hall–Kier alpha value is -1.59. The summed E-state index contributed by atoms with van der Waals surface area (Å²) in [7, 11) is 3.33. The third kappa shape index (κ3) is 3.42. The Bertz CT molecular complexity index is 218. The fourth-order valence-electron chi connectivity index (χ4n) is 0.690. The maximum atomic E-state index is 11.0. The molecule has 0 fully saturated rings. The fraction of sp³-hybridized carbons (Fsp3) is 0.500. The largest absolute Gasteiger partial charge is 0.469 e. The minimum Gasteiger partial charge on any atom is -0.469 e. The van der Waals surface area contributed by atoms with Crippen LogP contribution in [0.3, 0.4) is 0 Å². The summed E-state index contributed by atoms with van der Waals surface area (Å²) in [6.45, 7) is 0. The van der Waals surface area contributed by atoms with Gasteiger partial charge in [-0.25, -0.2) is 0 Å². The smallest absolute Gasteiger partial charge is 0.320 e. The van der Waals surface area contributed by atoms with Crippen LogP contribution in [0.2, 0.25) is 0 Å². The van der Waals surface area contributed by atoms with Gasteiger partial charge in [0.15, 0.2) is 5.92 Å². The Morgan fingerprint density at radius 1 is 0.929 bits per heavy atom. The van der Waals surface area contributed by atoms with E-state index >= 15 is 0 Å². The first-order valence-corrected chi connectivity index (χ1v) is 3.65. The van der Waals surface area contributed by atoms with Crippen molar-refractivity contribution in [3.8, 4) is 0 Å². The molecule has 0 aromatic carbocycles. The van der Waals surface area contributed by atoms with Gasteiger partial charge in [-0.3, -0.25) is 14.4 Å². The number of methoxy groups -OCH3 is 3. The molecule has 79 valence electrons. The molecule has 0 heterocycles. The molecule has 0 bridgehead atoms. The molecule has 0 aliphatic carbocycles. The molecule has 6 heteroatoms. The van der Waals surface area contributed by atoms with Crippen LogP contribution in [0.5, 0.6) is 0 Å². The lowest BCUT2D eigenvalue weighted by atomic mass is 10.1. The minimum absolute atomic E-state index is 0.789. The van der Waals surface area contributed by atoms with Crippen molar-refractivity contribution in [1.29, 1.82) is 0 Å². The van der Waals surface area contributed by atoms with Crippen molar-refractivity contribution in [2.75, 3.05) is 21.3 Å². The lowest BCUT2D eigenvalue weighted by Gasteiger charge is -2.09. The monoisotopic (exact) mass is 203 g/mol. The summed E-state index contributed by atoms with van der Waals surface area (Å²) in [5.74, 6) is -3.92. The van der Waals surface area contributed by atoms with Gasteiger partial charge < -0.3 is 14.2 Å². The summed E-state index contributed by atoms with van der Waals surface area (Å²) < 4.78 is 12.9. The van der Waals surface area contributed by atoms with Crippen LogP contribution in [-0.2, 0) is 28.6 Å². The second kappa shape index (κ2) is 5.95. The molecule has 0 aromatic rings. The summed E-state index contributed by atoms with van der Waals surface area (Å²) in [5, 5.41) is 0. The van der Waals surface area contributed by atoms with E-state index in [9.17, 15) is 14.4 Å². The van der Waals surface area contributed by atoms with Gasteiger partial charge in [0.1, 0.15) is 0 Å². The molecule has 0 aromatic heterocycles. The number of hydrogen-bond donors (Lipinski definition) is 0. The molecular weight excluding hydrogens is 192 g/mol. The van der Waals surface area contributed by atoms with Crippen LogP contribution in [0.25, 0.3) is 0 Å². The number of carbonyl (C=O) groups excluding carboxylic acids is 3. The highest BCUT2D eigenvalue weighted by Crippen LogP contribution is 2.07. The molecule has 0 atom stereocenters. The van der Waals surface area contributed by atoms with Gasteiger partial charge in [-0.15, -0.1) is 0 Å². The van der Waals surface area contributed by atoms with Gasteiger partial charge in [-0.05, 0) is 0 Å². The van der Waals surface area contributed by atoms with Gasteiger partial charge >= 0.3 is 17.9 Å². The first-order chi connectivity index (χ1) is 6.56. The van der Waals surface area contributed by atoms with Crippen molar-refractivity contribution in [3.05, 3.63) is 6.42 Å². The summed E-state index contributed by atoms with van der Waals surface area (Å²) in [6, 6.07) is 0. The van der Waals surface area contributed by atoms with E-state index in [4.69, 9.17) is 0 Å². The molecule has 0 unspecified atom stereocenters. The second-order valence-electron chi connectivity index (χ2n) is 2.21. The van der Waals surface area contributed by atoms with Crippen LogP contribution in [0.15, 0.2) is 0 Å². The lowest BCUT2D eigenvalue weighted by Crippen LogP contribution is -2.29. The van der Waals surface area contributed by atoms with Crippen molar-refractivity contribution in [2.45, 2.75) is 0 Å². The Morgan fingerprint density at radius 3 is 1.64 bits per heavy atom. The molecule has 0 aliphatic heterocycles. The average molecular weight is 203 g/mol. The van der Waals surface area contributed by atoms with E-state index in [1.165, 1.54) is 0 Å². The first kappa shape index (κ1) is 12.4. The maximum absolute atomic E-state index is 11.0. The van der Waals surface area contributed by atoms with Crippen LogP contribution < -0.4 is 0 Å². The highest BCUT2D eigenvalue weighted by molar-refractivity contribution is 6.02. The van der Waals surface area contributed by atoms with Gasteiger partial charge in [0, 0.05) is 0 Å². The van der Waals surface area contributed by atoms with Gasteiger partial charge in [-0.1, -0.05) is 0 Å². The zero-order valence-electron chi connectivity index (χ0n) is 8.10. The van der Waals surface area contributed by atoms with Crippen molar-refractivity contribution in [2.24, 2.45) is 5.92 Å². The number of rotatable bonds is 4. The maximum Gasteiger partial charge on any atom is 0.320 e. The first-order valence-electron chi connectivity index (χ1n) is 3.65. The zero-order valence-corrected chi connectivity index (χ0v) is 8.10. The van der Waals surface area contributed by atoms with E-state index in [1.807, 2.05) is 0 Å². The summed E-state index contributed by atoms with van der Waals surface area (Å²) in [4.78, 5) is 32.8. The predicted molar refractivity (Wildman–Crippen MR) is 43.8 cm³/mol. The van der Waals surface area contributed by atoms with Crippen molar-refractivity contribution >= 4 is 17.9 Å². The van der Waals surface area contributed by atoms with E-state index in [1.54, 1.807) is 0 Å². The lowest BCUT2D eigenvalue weighted by molar-refractivity contribution is -0.159.